The number of rotatable bonds is 4. The van der Waals surface area contributed by atoms with Gasteiger partial charge in [0.15, 0.2) is 0 Å². The van der Waals surface area contributed by atoms with Crippen LogP contribution in [0.25, 0.3) is 0 Å². The molecule has 0 aliphatic rings. The average molecular weight is 340 g/mol. The molecule has 0 aromatic carbocycles. The largest absolute Gasteiger partial charge is 0.351 e. The normalized spacial score (nSPS) is 13.9. The topological polar surface area (TPSA) is 105 Å². The molecule has 0 saturated carbocycles. The number of H-pyrrole nitrogens is 1. The molecule has 0 amide bonds. The minimum atomic E-state index is -5.15. The van der Waals surface area contributed by atoms with Crippen molar-refractivity contribution >= 4 is 20.2 Å². The molecule has 1 aromatic heterocycles. The number of hydrogen-bond acceptors (Lipinski definition) is 5. The van der Waals surface area contributed by atoms with Crippen LogP contribution in [0.3, 0.4) is 0 Å². The predicted octanol–water partition coefficient (Wildman–Crippen LogP) is 1.35. The number of alkyl halides is 2. The second kappa shape index (κ2) is 8.89. The molecule has 0 aliphatic heterocycles. The highest BCUT2D eigenvalue weighted by Gasteiger charge is 2.29. The molecule has 13 heteroatoms. The van der Waals surface area contributed by atoms with Crippen molar-refractivity contribution in [3.05, 3.63) is 18.7 Å². The summed E-state index contributed by atoms with van der Waals surface area (Å²) in [6, 6.07) is 0. The summed E-state index contributed by atoms with van der Waals surface area (Å²) in [5.74, 6) is -3.86. The van der Waals surface area contributed by atoms with Crippen LogP contribution in [-0.2, 0) is 24.6 Å². The van der Waals surface area contributed by atoms with Crippen LogP contribution in [0.2, 0.25) is 0 Å². The summed E-state index contributed by atoms with van der Waals surface area (Å²) < 4.78 is 72.4. The first-order chi connectivity index (χ1) is 8.65. The summed E-state index contributed by atoms with van der Waals surface area (Å²) in [6.45, 7) is 0. The number of halogens is 3. The highest BCUT2D eigenvalue weighted by molar-refractivity contribution is 7.99. The third-order valence-electron chi connectivity index (χ3n) is 1.38. The molecular formula is C7H15F3N4O4S2. The third kappa shape index (κ3) is 6.83. The van der Waals surface area contributed by atoms with Gasteiger partial charge in [-0.15, -0.1) is 0 Å². The van der Waals surface area contributed by atoms with Crippen molar-refractivity contribution in [3.63, 3.8) is 0 Å². The smallest absolute Gasteiger partial charge is 0.346 e. The molecule has 0 aliphatic carbocycles. The average Bonchev–Trinajstić information content (AvgIpc) is 2.86. The van der Waals surface area contributed by atoms with Gasteiger partial charge in [-0.05, 0) is 4.53 Å². The van der Waals surface area contributed by atoms with Gasteiger partial charge in [-0.2, -0.15) is 21.5 Å². The molecule has 1 rings (SSSR count). The number of hydrogen-bond donors (Lipinski definition) is 1. The van der Waals surface area contributed by atoms with Crippen molar-refractivity contribution in [2.24, 2.45) is 3.77 Å². The van der Waals surface area contributed by atoms with Crippen LogP contribution in [0.1, 0.15) is 7.43 Å². The Morgan fingerprint density at radius 2 is 1.90 bits per heavy atom. The maximum atomic E-state index is 11.9. The van der Waals surface area contributed by atoms with Crippen molar-refractivity contribution in [1.82, 2.24) is 14.3 Å². The van der Waals surface area contributed by atoms with Gasteiger partial charge in [-0.3, -0.25) is 0 Å². The van der Waals surface area contributed by atoms with Gasteiger partial charge < -0.3 is 4.98 Å². The van der Waals surface area contributed by atoms with E-state index in [9.17, 15) is 25.9 Å². The maximum absolute atomic E-state index is 11.9. The summed E-state index contributed by atoms with van der Waals surface area (Å²) in [7, 11) is -7.83. The SMILES string of the molecule is C.CN(C)S(=O)(=O)N=S(=O)(OF)C(F)F.c1c[nH]cn1. The quantitative estimate of drug-likeness (QED) is 0.890. The first-order valence-corrected chi connectivity index (χ1v) is 7.26. The van der Waals surface area contributed by atoms with E-state index in [1.165, 1.54) is 0 Å². The van der Waals surface area contributed by atoms with Crippen LogP contribution in [-0.4, -0.2) is 46.8 Å². The van der Waals surface area contributed by atoms with Gasteiger partial charge >= 0.3 is 16.0 Å². The van der Waals surface area contributed by atoms with Gasteiger partial charge in [-0.1, -0.05) is 15.6 Å². The lowest BCUT2D eigenvalue weighted by Crippen LogP contribution is -2.23. The van der Waals surface area contributed by atoms with Crippen molar-refractivity contribution < 1.29 is 30.3 Å². The molecule has 1 atom stereocenters. The van der Waals surface area contributed by atoms with E-state index < -0.39 is 26.0 Å². The maximum Gasteiger partial charge on any atom is 0.346 e. The summed E-state index contributed by atoms with van der Waals surface area (Å²) in [5.41, 5.74) is 0. The van der Waals surface area contributed by atoms with E-state index in [1.54, 1.807) is 18.7 Å². The minimum absolute atomic E-state index is 0. The van der Waals surface area contributed by atoms with Gasteiger partial charge in [0.2, 0.25) is 0 Å². The summed E-state index contributed by atoms with van der Waals surface area (Å²) in [6.07, 6.45) is 5.08. The van der Waals surface area contributed by atoms with E-state index in [1.807, 2.05) is 0 Å². The Morgan fingerprint density at radius 1 is 1.35 bits per heavy atom. The van der Waals surface area contributed by atoms with E-state index in [0.717, 1.165) is 14.1 Å². The number of aromatic amines is 1. The lowest BCUT2D eigenvalue weighted by atomic mass is 11.0. The van der Waals surface area contributed by atoms with E-state index in [2.05, 4.69) is 18.1 Å². The second-order valence-electron chi connectivity index (χ2n) is 2.93. The molecule has 0 bridgehead atoms. The predicted molar refractivity (Wildman–Crippen MR) is 66.7 cm³/mol. The molecule has 0 radical (unpaired) electrons. The first kappa shape index (κ1) is 21.1. The van der Waals surface area contributed by atoms with Gasteiger partial charge in [0.1, 0.15) is 0 Å². The van der Waals surface area contributed by atoms with Crippen LogP contribution in [0, 0.1) is 0 Å². The Bertz CT molecular complexity index is 550. The lowest BCUT2D eigenvalue weighted by Gasteiger charge is -2.07. The highest BCUT2D eigenvalue weighted by Crippen LogP contribution is 2.15. The van der Waals surface area contributed by atoms with Crippen molar-refractivity contribution in [2.75, 3.05) is 14.1 Å². The van der Waals surface area contributed by atoms with E-state index in [0.29, 0.717) is 4.31 Å². The van der Waals surface area contributed by atoms with Gasteiger partial charge in [0, 0.05) is 26.5 Å². The Labute approximate surface area is 115 Å². The molecule has 1 N–H and O–H groups in total. The Hall–Kier alpha value is -1.18. The molecule has 20 heavy (non-hydrogen) atoms. The first-order valence-electron chi connectivity index (χ1n) is 4.36. The third-order valence-corrected chi connectivity index (χ3v) is 4.52. The Morgan fingerprint density at radius 3 is 2.10 bits per heavy atom. The van der Waals surface area contributed by atoms with Crippen LogP contribution >= 0.6 is 0 Å². The highest BCUT2D eigenvalue weighted by atomic mass is 32.3. The van der Waals surface area contributed by atoms with Gasteiger partial charge in [0.05, 0.1) is 6.33 Å². The van der Waals surface area contributed by atoms with Crippen LogP contribution < -0.4 is 0 Å². The zero-order valence-corrected chi connectivity index (χ0v) is 11.4. The molecule has 8 nitrogen and oxygen atoms in total. The summed E-state index contributed by atoms with van der Waals surface area (Å²) >= 11 is 0. The number of nitrogens with one attached hydrogen (secondary N) is 1. The molecule has 1 heterocycles. The van der Waals surface area contributed by atoms with E-state index in [-0.39, 0.29) is 7.43 Å². The fourth-order valence-corrected chi connectivity index (χ4v) is 2.48. The number of aromatic nitrogens is 2. The minimum Gasteiger partial charge on any atom is -0.351 e. The van der Waals surface area contributed by atoms with E-state index >= 15 is 0 Å². The second-order valence-corrected chi connectivity index (χ2v) is 6.67. The molecule has 0 fully saturated rings. The van der Waals surface area contributed by atoms with Gasteiger partial charge in [0.25, 0.3) is 10.0 Å². The number of nitrogens with zero attached hydrogens (tertiary/aromatic N) is 3. The zero-order chi connectivity index (χ0) is 15.1. The van der Waals surface area contributed by atoms with Crippen molar-refractivity contribution in [1.29, 1.82) is 0 Å². The van der Waals surface area contributed by atoms with Crippen LogP contribution in [0.4, 0.5) is 13.3 Å². The summed E-state index contributed by atoms with van der Waals surface area (Å²) in [5, 5.41) is 0. The van der Waals surface area contributed by atoms with Crippen molar-refractivity contribution in [2.45, 2.75) is 13.2 Å². The fraction of sp³-hybridized carbons (Fsp3) is 0.571. The standard InChI is InChI=1S/C3H7F3N2O4S2.C3H4N2.CH4/c1-8(2)14(10,11)7-13(9,12-6)3(4)5;1-2-5-3-4-1;/h3H,1-2H3;1-3H,(H,4,5);1H4. The molecule has 120 valence electrons. The monoisotopic (exact) mass is 340 g/mol. The molecule has 1 unspecified atom stereocenters. The molecular weight excluding hydrogens is 325 g/mol. The Kier molecular flexibility index (Phi) is 9.38. The molecule has 0 spiro atoms. The van der Waals surface area contributed by atoms with Gasteiger partial charge in [-0.25, -0.2) is 9.19 Å². The lowest BCUT2D eigenvalue weighted by molar-refractivity contribution is -0.000808. The number of imidazole rings is 1. The van der Waals surface area contributed by atoms with E-state index in [4.69, 9.17) is 0 Å². The zero-order valence-electron chi connectivity index (χ0n) is 9.73. The fourth-order valence-electron chi connectivity index (χ4n) is 0.485. The summed E-state index contributed by atoms with van der Waals surface area (Å²) in [4.78, 5) is 6.42. The molecule has 0 saturated heterocycles. The Balaban J connectivity index is 0. The van der Waals surface area contributed by atoms with Crippen molar-refractivity contribution in [3.8, 4) is 0 Å². The van der Waals surface area contributed by atoms with Crippen LogP contribution in [0.15, 0.2) is 22.5 Å². The molecule has 1 aromatic rings. The van der Waals surface area contributed by atoms with Crippen LogP contribution in [0.5, 0.6) is 0 Å².